The highest BCUT2D eigenvalue weighted by molar-refractivity contribution is 5.61. The van der Waals surface area contributed by atoms with E-state index in [0.29, 0.717) is 24.3 Å². The molecule has 0 aliphatic carbocycles. The van der Waals surface area contributed by atoms with Crippen molar-refractivity contribution in [3.63, 3.8) is 0 Å². The average Bonchev–Trinajstić information content (AvgIpc) is 2.70. The summed E-state index contributed by atoms with van der Waals surface area (Å²) in [6, 6.07) is 1.38. The summed E-state index contributed by atoms with van der Waals surface area (Å²) in [6.45, 7) is 2.26. The van der Waals surface area contributed by atoms with E-state index in [9.17, 15) is 35.1 Å². The Morgan fingerprint density at radius 3 is 1.12 bits per heavy atom. The highest BCUT2D eigenvalue weighted by Gasteiger charge is 2.81. The van der Waals surface area contributed by atoms with Crippen LogP contribution in [-0.4, -0.2) is 26.1 Å². The van der Waals surface area contributed by atoms with Gasteiger partial charge >= 0.3 is 23.7 Å². The number of aryl methyl sites for hydroxylation is 2. The summed E-state index contributed by atoms with van der Waals surface area (Å²) in [5, 5.41) is 0. The molecule has 0 saturated heterocycles. The molecule has 0 bridgehead atoms. The SMILES string of the molecule is COc1cc(C(F)(F)C(F)(F)C(F)(F)C(F)(F)c2cc(C)c(N)c(OC)c2)cc(C)c1N. The molecule has 0 radical (unpaired) electrons. The molecule has 4 N–H and O–H groups in total. The monoisotopic (exact) mass is 472 g/mol. The maximum absolute atomic E-state index is 14.7. The lowest BCUT2D eigenvalue weighted by Gasteiger charge is -2.37. The third-order valence-electron chi connectivity index (χ3n) is 5.05. The number of rotatable bonds is 7. The molecule has 0 atom stereocenters. The molecular formula is C20H20F8N2O2. The van der Waals surface area contributed by atoms with E-state index in [1.165, 1.54) is 0 Å². The van der Waals surface area contributed by atoms with Crippen LogP contribution in [0.4, 0.5) is 46.5 Å². The summed E-state index contributed by atoms with van der Waals surface area (Å²) in [5.74, 6) is -25.6. The molecule has 2 aromatic carbocycles. The van der Waals surface area contributed by atoms with Crippen LogP contribution >= 0.6 is 0 Å². The number of hydrogen-bond acceptors (Lipinski definition) is 4. The normalized spacial score (nSPS) is 13.2. The zero-order valence-electron chi connectivity index (χ0n) is 17.3. The highest BCUT2D eigenvalue weighted by Crippen LogP contribution is 2.59. The molecule has 2 aromatic rings. The summed E-state index contributed by atoms with van der Waals surface area (Å²) >= 11 is 0. The van der Waals surface area contributed by atoms with Crippen molar-refractivity contribution in [1.82, 2.24) is 0 Å². The largest absolute Gasteiger partial charge is 0.495 e. The van der Waals surface area contributed by atoms with Gasteiger partial charge in [-0.3, -0.25) is 0 Å². The molecule has 0 aliphatic rings. The number of methoxy groups -OCH3 is 2. The average molecular weight is 472 g/mol. The second-order valence-electron chi connectivity index (χ2n) is 7.12. The number of alkyl halides is 8. The van der Waals surface area contributed by atoms with Gasteiger partial charge in [0.05, 0.1) is 25.6 Å². The number of anilines is 2. The fraction of sp³-hybridized carbons (Fsp3) is 0.400. The Hall–Kier alpha value is -2.92. The van der Waals surface area contributed by atoms with Crippen LogP contribution in [0.3, 0.4) is 0 Å². The first kappa shape index (κ1) is 25.3. The Morgan fingerprint density at radius 1 is 0.594 bits per heavy atom. The van der Waals surface area contributed by atoms with Crippen molar-refractivity contribution in [1.29, 1.82) is 0 Å². The van der Waals surface area contributed by atoms with Crippen LogP contribution in [0.2, 0.25) is 0 Å². The molecule has 0 aromatic heterocycles. The van der Waals surface area contributed by atoms with Crippen molar-refractivity contribution in [2.75, 3.05) is 25.7 Å². The summed E-state index contributed by atoms with van der Waals surface area (Å²) in [7, 11) is 1.95. The van der Waals surface area contributed by atoms with Crippen LogP contribution < -0.4 is 20.9 Å². The summed E-state index contributed by atoms with van der Waals surface area (Å²) in [5.41, 5.74) is 6.92. The number of nitrogen functional groups attached to an aromatic ring is 2. The van der Waals surface area contributed by atoms with Gasteiger partial charge in [0.1, 0.15) is 11.5 Å². The molecule has 178 valence electrons. The van der Waals surface area contributed by atoms with Crippen LogP contribution in [0.15, 0.2) is 24.3 Å². The van der Waals surface area contributed by atoms with Crippen molar-refractivity contribution in [2.24, 2.45) is 0 Å². The molecule has 0 amide bonds. The summed E-state index contributed by atoms with van der Waals surface area (Å²) < 4.78 is 126. The van der Waals surface area contributed by atoms with Gasteiger partial charge in [-0.2, -0.15) is 35.1 Å². The molecule has 0 unspecified atom stereocenters. The van der Waals surface area contributed by atoms with Crippen LogP contribution in [0, 0.1) is 13.8 Å². The Balaban J connectivity index is 2.68. The molecule has 12 heteroatoms. The van der Waals surface area contributed by atoms with E-state index in [-0.39, 0.29) is 22.5 Å². The van der Waals surface area contributed by atoms with E-state index in [4.69, 9.17) is 11.5 Å². The van der Waals surface area contributed by atoms with Crippen molar-refractivity contribution in [2.45, 2.75) is 37.5 Å². The van der Waals surface area contributed by atoms with Crippen LogP contribution in [0.1, 0.15) is 22.3 Å². The summed E-state index contributed by atoms with van der Waals surface area (Å²) in [6.07, 6.45) is 0. The minimum atomic E-state index is -6.54. The van der Waals surface area contributed by atoms with E-state index in [1.54, 1.807) is 0 Å². The van der Waals surface area contributed by atoms with Gasteiger partial charge in [0.15, 0.2) is 0 Å². The molecule has 0 fully saturated rings. The van der Waals surface area contributed by atoms with Crippen LogP contribution in [0.5, 0.6) is 11.5 Å². The third-order valence-corrected chi connectivity index (χ3v) is 5.05. The lowest BCUT2D eigenvalue weighted by Crippen LogP contribution is -2.59. The first-order chi connectivity index (χ1) is 14.5. The maximum atomic E-state index is 14.7. The Bertz CT molecular complexity index is 944. The molecule has 0 saturated carbocycles. The second kappa shape index (κ2) is 7.89. The van der Waals surface area contributed by atoms with Crippen molar-refractivity contribution in [3.05, 3.63) is 46.5 Å². The van der Waals surface area contributed by atoms with E-state index in [0.717, 1.165) is 28.1 Å². The maximum Gasteiger partial charge on any atom is 0.382 e. The Kier molecular flexibility index (Phi) is 6.25. The lowest BCUT2D eigenvalue weighted by molar-refractivity contribution is -0.374. The first-order valence-corrected chi connectivity index (χ1v) is 8.87. The number of halogens is 8. The van der Waals surface area contributed by atoms with Crippen molar-refractivity contribution in [3.8, 4) is 11.5 Å². The number of nitrogens with two attached hydrogens (primary N) is 2. The van der Waals surface area contributed by atoms with E-state index in [2.05, 4.69) is 9.47 Å². The quantitative estimate of drug-likeness (QED) is 0.404. The van der Waals surface area contributed by atoms with Gasteiger partial charge in [-0.25, -0.2) is 0 Å². The van der Waals surface area contributed by atoms with E-state index < -0.39 is 46.3 Å². The topological polar surface area (TPSA) is 70.5 Å². The smallest absolute Gasteiger partial charge is 0.382 e. The molecule has 2 rings (SSSR count). The molecule has 0 heterocycles. The minimum Gasteiger partial charge on any atom is -0.495 e. The fourth-order valence-corrected chi connectivity index (χ4v) is 2.99. The van der Waals surface area contributed by atoms with Gasteiger partial charge in [0, 0.05) is 11.1 Å². The van der Waals surface area contributed by atoms with Gasteiger partial charge in [0.2, 0.25) is 0 Å². The molecular weight excluding hydrogens is 452 g/mol. The van der Waals surface area contributed by atoms with Crippen molar-refractivity contribution < 1.29 is 44.6 Å². The Labute approximate surface area is 178 Å². The van der Waals surface area contributed by atoms with E-state index >= 15 is 0 Å². The first-order valence-electron chi connectivity index (χ1n) is 8.87. The standard InChI is InChI=1S/C20H20F8N2O2/c1-9-5-11(7-13(31-3)15(9)29)17(21,22)19(25,26)20(27,28)18(23,24)12-6-10(2)16(30)14(8-12)32-4/h5-8H,29-30H2,1-4H3. The van der Waals surface area contributed by atoms with Gasteiger partial charge in [-0.05, 0) is 49.2 Å². The zero-order chi connectivity index (χ0) is 24.9. The minimum absolute atomic E-state index is 0.205. The number of benzene rings is 2. The predicted molar refractivity (Wildman–Crippen MR) is 102 cm³/mol. The molecule has 32 heavy (non-hydrogen) atoms. The lowest BCUT2D eigenvalue weighted by atomic mass is 9.89. The van der Waals surface area contributed by atoms with Crippen molar-refractivity contribution >= 4 is 11.4 Å². The highest BCUT2D eigenvalue weighted by atomic mass is 19.4. The third kappa shape index (κ3) is 3.55. The summed E-state index contributed by atoms with van der Waals surface area (Å²) in [4.78, 5) is 0. The van der Waals surface area contributed by atoms with Crippen LogP contribution in [-0.2, 0) is 11.8 Å². The molecule has 0 spiro atoms. The molecule has 4 nitrogen and oxygen atoms in total. The van der Waals surface area contributed by atoms with Gasteiger partial charge in [-0.15, -0.1) is 0 Å². The van der Waals surface area contributed by atoms with Gasteiger partial charge < -0.3 is 20.9 Å². The van der Waals surface area contributed by atoms with Crippen LogP contribution in [0.25, 0.3) is 0 Å². The van der Waals surface area contributed by atoms with Gasteiger partial charge in [0.25, 0.3) is 0 Å². The Morgan fingerprint density at radius 2 is 0.875 bits per heavy atom. The van der Waals surface area contributed by atoms with E-state index in [1.807, 2.05) is 0 Å². The van der Waals surface area contributed by atoms with Gasteiger partial charge in [-0.1, -0.05) is 0 Å². The molecule has 0 aliphatic heterocycles. The fourth-order valence-electron chi connectivity index (χ4n) is 2.99. The number of hydrogen-bond donors (Lipinski definition) is 2. The second-order valence-corrected chi connectivity index (χ2v) is 7.12. The zero-order valence-corrected chi connectivity index (χ0v) is 17.3. The predicted octanol–water partition coefficient (Wildman–Crippen LogP) is 5.64. The number of ether oxygens (including phenoxy) is 2.